The zero-order valence-corrected chi connectivity index (χ0v) is 10.0. The lowest BCUT2D eigenvalue weighted by Crippen LogP contribution is -1.98. The Morgan fingerprint density at radius 1 is 1.19 bits per heavy atom. The van der Waals surface area contributed by atoms with E-state index in [0.29, 0.717) is 6.04 Å². The fourth-order valence-corrected chi connectivity index (χ4v) is 2.44. The molecule has 1 aliphatic carbocycles. The third-order valence-corrected chi connectivity index (χ3v) is 3.39. The summed E-state index contributed by atoms with van der Waals surface area (Å²) in [5.41, 5.74) is 3.85. The molecule has 1 aliphatic rings. The number of benzene rings is 1. The van der Waals surface area contributed by atoms with Gasteiger partial charge in [0.2, 0.25) is 0 Å². The second-order valence-electron chi connectivity index (χ2n) is 4.47. The number of halogens is 1. The van der Waals surface area contributed by atoms with E-state index in [1.165, 1.54) is 29.8 Å². The largest absolute Gasteiger partial charge is 0.342 e. The smallest absolute Gasteiger partial charge is 0.0485 e. The monoisotopic (exact) mass is 231 g/mol. The van der Waals surface area contributed by atoms with Gasteiger partial charge in [0.25, 0.3) is 0 Å². The van der Waals surface area contributed by atoms with Crippen molar-refractivity contribution >= 4 is 11.6 Å². The molecular weight excluding hydrogens is 218 g/mol. The van der Waals surface area contributed by atoms with Crippen molar-refractivity contribution in [2.45, 2.75) is 25.8 Å². The minimum atomic E-state index is 0.712. The summed E-state index contributed by atoms with van der Waals surface area (Å²) in [4.78, 5) is 0. The summed E-state index contributed by atoms with van der Waals surface area (Å²) >= 11 is 6.04. The van der Waals surface area contributed by atoms with E-state index in [9.17, 15) is 0 Å². The van der Waals surface area contributed by atoms with Crippen molar-refractivity contribution < 1.29 is 0 Å². The summed E-state index contributed by atoms with van der Waals surface area (Å²) in [6, 6.07) is 13.2. The summed E-state index contributed by atoms with van der Waals surface area (Å²) in [5.74, 6) is 0. The van der Waals surface area contributed by atoms with Gasteiger partial charge in [0.15, 0.2) is 0 Å². The molecule has 1 heterocycles. The highest BCUT2D eigenvalue weighted by molar-refractivity contribution is 6.30. The van der Waals surface area contributed by atoms with Crippen LogP contribution in [0.3, 0.4) is 0 Å². The maximum atomic E-state index is 6.04. The molecule has 1 fully saturated rings. The molecule has 0 atom stereocenters. The number of hydrogen-bond acceptors (Lipinski definition) is 0. The number of nitrogens with zero attached hydrogens (tertiary/aromatic N) is 1. The first-order valence-corrected chi connectivity index (χ1v) is 6.07. The van der Waals surface area contributed by atoms with Gasteiger partial charge in [-0.05, 0) is 49.6 Å². The first-order chi connectivity index (χ1) is 7.75. The zero-order chi connectivity index (χ0) is 11.1. The Kier molecular flexibility index (Phi) is 2.29. The Morgan fingerprint density at radius 3 is 2.69 bits per heavy atom. The molecule has 1 aromatic carbocycles. The van der Waals surface area contributed by atoms with E-state index >= 15 is 0 Å². The van der Waals surface area contributed by atoms with Crippen LogP contribution in [0.1, 0.15) is 24.6 Å². The third kappa shape index (κ3) is 1.65. The molecule has 0 radical (unpaired) electrons. The van der Waals surface area contributed by atoms with E-state index in [1.807, 2.05) is 18.2 Å². The molecule has 0 aliphatic heterocycles. The molecule has 2 aromatic rings. The predicted octanol–water partition coefficient (Wildman–Crippen LogP) is 4.45. The van der Waals surface area contributed by atoms with Crippen LogP contribution in [-0.4, -0.2) is 4.57 Å². The second-order valence-corrected chi connectivity index (χ2v) is 4.91. The van der Waals surface area contributed by atoms with Crippen LogP contribution in [0.25, 0.3) is 11.3 Å². The van der Waals surface area contributed by atoms with E-state index in [0.717, 1.165) is 5.02 Å². The highest BCUT2D eigenvalue weighted by atomic mass is 35.5. The third-order valence-electron chi connectivity index (χ3n) is 3.15. The lowest BCUT2D eigenvalue weighted by Gasteiger charge is -2.10. The first kappa shape index (κ1) is 9.98. The Balaban J connectivity index is 2.12. The van der Waals surface area contributed by atoms with Crippen molar-refractivity contribution in [1.82, 2.24) is 4.57 Å². The summed E-state index contributed by atoms with van der Waals surface area (Å²) in [7, 11) is 0. The molecule has 1 aromatic heterocycles. The molecule has 0 spiro atoms. The molecular formula is C14H14ClN. The van der Waals surface area contributed by atoms with E-state index in [1.54, 1.807) is 0 Å². The molecule has 16 heavy (non-hydrogen) atoms. The molecule has 1 nitrogen and oxygen atoms in total. The number of aryl methyl sites for hydroxylation is 1. The molecule has 82 valence electrons. The molecule has 0 N–H and O–H groups in total. The van der Waals surface area contributed by atoms with Crippen LogP contribution in [0.2, 0.25) is 5.02 Å². The lowest BCUT2D eigenvalue weighted by molar-refractivity contribution is 0.730. The molecule has 2 heteroatoms. The summed E-state index contributed by atoms with van der Waals surface area (Å²) < 4.78 is 2.44. The SMILES string of the molecule is Cc1ccc(-c2cccc(Cl)c2)n1C1CC1. The summed E-state index contributed by atoms with van der Waals surface area (Å²) in [6.07, 6.45) is 2.62. The van der Waals surface area contributed by atoms with Crippen LogP contribution in [-0.2, 0) is 0 Å². The minimum absolute atomic E-state index is 0.712. The quantitative estimate of drug-likeness (QED) is 0.720. The highest BCUT2D eigenvalue weighted by Crippen LogP contribution is 2.40. The molecule has 0 saturated heterocycles. The van der Waals surface area contributed by atoms with Crippen LogP contribution in [0.4, 0.5) is 0 Å². The van der Waals surface area contributed by atoms with Crippen molar-refractivity contribution in [1.29, 1.82) is 0 Å². The van der Waals surface area contributed by atoms with Crippen molar-refractivity contribution in [3.05, 3.63) is 47.1 Å². The van der Waals surface area contributed by atoms with E-state index in [-0.39, 0.29) is 0 Å². The number of aromatic nitrogens is 1. The van der Waals surface area contributed by atoms with Gasteiger partial charge >= 0.3 is 0 Å². The minimum Gasteiger partial charge on any atom is -0.342 e. The fourth-order valence-electron chi connectivity index (χ4n) is 2.25. The van der Waals surface area contributed by atoms with Gasteiger partial charge in [-0.1, -0.05) is 23.7 Å². The Hall–Kier alpha value is -1.21. The normalized spacial score (nSPS) is 15.4. The van der Waals surface area contributed by atoms with Crippen molar-refractivity contribution in [2.75, 3.05) is 0 Å². The number of rotatable bonds is 2. The van der Waals surface area contributed by atoms with E-state index in [4.69, 9.17) is 11.6 Å². The highest BCUT2D eigenvalue weighted by Gasteiger charge is 2.26. The van der Waals surface area contributed by atoms with Crippen LogP contribution in [0.5, 0.6) is 0 Å². The van der Waals surface area contributed by atoms with Gasteiger partial charge in [0.05, 0.1) is 0 Å². The summed E-state index contributed by atoms with van der Waals surface area (Å²) in [5, 5.41) is 0.804. The number of hydrogen-bond donors (Lipinski definition) is 0. The first-order valence-electron chi connectivity index (χ1n) is 5.69. The molecule has 0 amide bonds. The van der Waals surface area contributed by atoms with Gasteiger partial charge < -0.3 is 4.57 Å². The van der Waals surface area contributed by atoms with Crippen molar-refractivity contribution in [2.24, 2.45) is 0 Å². The summed E-state index contributed by atoms with van der Waals surface area (Å²) in [6.45, 7) is 2.17. The topological polar surface area (TPSA) is 4.93 Å². The van der Waals surface area contributed by atoms with Gasteiger partial charge in [-0.15, -0.1) is 0 Å². The maximum absolute atomic E-state index is 6.04. The maximum Gasteiger partial charge on any atom is 0.0485 e. The lowest BCUT2D eigenvalue weighted by atomic mass is 10.1. The van der Waals surface area contributed by atoms with Crippen LogP contribution in [0, 0.1) is 6.92 Å². The second kappa shape index (κ2) is 3.67. The van der Waals surface area contributed by atoms with Gasteiger partial charge in [-0.25, -0.2) is 0 Å². The predicted molar refractivity (Wildman–Crippen MR) is 67.9 cm³/mol. The standard InChI is InChI=1S/C14H14ClN/c1-10-5-8-14(16(10)13-6-7-13)11-3-2-4-12(15)9-11/h2-5,8-9,13H,6-7H2,1H3. The van der Waals surface area contributed by atoms with Crippen LogP contribution in [0.15, 0.2) is 36.4 Å². The average Bonchev–Trinajstić information content (AvgIpc) is 3.02. The molecule has 0 unspecified atom stereocenters. The Labute approximate surface area is 101 Å². The zero-order valence-electron chi connectivity index (χ0n) is 9.28. The Morgan fingerprint density at radius 2 is 2.00 bits per heavy atom. The average molecular weight is 232 g/mol. The van der Waals surface area contributed by atoms with Gasteiger partial charge in [-0.3, -0.25) is 0 Å². The van der Waals surface area contributed by atoms with Gasteiger partial charge in [0, 0.05) is 22.5 Å². The van der Waals surface area contributed by atoms with Gasteiger partial charge in [0.1, 0.15) is 0 Å². The Bertz CT molecular complexity index is 523. The molecule has 3 rings (SSSR count). The van der Waals surface area contributed by atoms with Crippen LogP contribution >= 0.6 is 11.6 Å². The fraction of sp³-hybridized carbons (Fsp3) is 0.286. The van der Waals surface area contributed by atoms with Crippen molar-refractivity contribution in [3.63, 3.8) is 0 Å². The van der Waals surface area contributed by atoms with Crippen LogP contribution < -0.4 is 0 Å². The molecule has 0 bridgehead atoms. The van der Waals surface area contributed by atoms with E-state index in [2.05, 4.69) is 29.7 Å². The molecule has 1 saturated carbocycles. The van der Waals surface area contributed by atoms with E-state index < -0.39 is 0 Å². The van der Waals surface area contributed by atoms with Crippen molar-refractivity contribution in [3.8, 4) is 11.3 Å². The van der Waals surface area contributed by atoms with Gasteiger partial charge in [-0.2, -0.15) is 0 Å².